The zero-order valence-corrected chi connectivity index (χ0v) is 15.1. The van der Waals surface area contributed by atoms with Crippen LogP contribution in [0.15, 0.2) is 48.5 Å². The van der Waals surface area contributed by atoms with Gasteiger partial charge >= 0.3 is 6.18 Å². The van der Waals surface area contributed by atoms with Gasteiger partial charge in [0.15, 0.2) is 0 Å². The van der Waals surface area contributed by atoms with E-state index in [1.54, 1.807) is 12.1 Å². The van der Waals surface area contributed by atoms with E-state index in [2.05, 4.69) is 5.32 Å². The molecule has 2 aromatic carbocycles. The molecule has 1 atom stereocenters. The third-order valence-electron chi connectivity index (χ3n) is 3.88. The minimum Gasteiger partial charge on any atom is -0.354 e. The van der Waals surface area contributed by atoms with Crippen LogP contribution in [0.2, 0.25) is 0 Å². The molecular formula is C20H21F3N2O2. The number of hydrogen-bond acceptors (Lipinski definition) is 2. The largest absolute Gasteiger partial charge is 0.405 e. The van der Waals surface area contributed by atoms with Crippen molar-refractivity contribution in [2.45, 2.75) is 32.5 Å². The molecule has 7 heteroatoms. The lowest BCUT2D eigenvalue weighted by Crippen LogP contribution is -2.33. The molecule has 0 heterocycles. The summed E-state index contributed by atoms with van der Waals surface area (Å²) in [6.45, 7) is 2.05. The van der Waals surface area contributed by atoms with E-state index in [-0.39, 0.29) is 17.5 Å². The van der Waals surface area contributed by atoms with Gasteiger partial charge in [0.1, 0.15) is 6.54 Å². The third kappa shape index (κ3) is 6.77. The number of hydrogen-bond donors (Lipinski definition) is 2. The molecule has 4 nitrogen and oxygen atoms in total. The molecule has 0 aliphatic heterocycles. The summed E-state index contributed by atoms with van der Waals surface area (Å²) in [4.78, 5) is 22.8. The highest BCUT2D eigenvalue weighted by molar-refractivity contribution is 5.94. The van der Waals surface area contributed by atoms with Crippen LogP contribution in [0, 0.1) is 0 Å². The Morgan fingerprint density at radius 3 is 1.96 bits per heavy atom. The monoisotopic (exact) mass is 378 g/mol. The quantitative estimate of drug-likeness (QED) is 0.805. The molecule has 2 rings (SSSR count). The summed E-state index contributed by atoms with van der Waals surface area (Å²) in [5.74, 6) is -0.834. The summed E-state index contributed by atoms with van der Waals surface area (Å²) in [7, 11) is 0. The molecular weight excluding hydrogens is 357 g/mol. The highest BCUT2D eigenvalue weighted by Gasteiger charge is 2.27. The molecule has 1 unspecified atom stereocenters. The minimum atomic E-state index is -4.44. The molecule has 0 spiro atoms. The zero-order valence-electron chi connectivity index (χ0n) is 15.1. The van der Waals surface area contributed by atoms with E-state index in [0.717, 1.165) is 16.7 Å². The second kappa shape index (κ2) is 8.70. The molecule has 0 fully saturated rings. The summed E-state index contributed by atoms with van der Waals surface area (Å²) in [6.07, 6.45) is -3.73. The van der Waals surface area contributed by atoms with Gasteiger partial charge in [-0.3, -0.25) is 9.59 Å². The summed E-state index contributed by atoms with van der Waals surface area (Å²) in [5.41, 5.74) is 3.02. The van der Waals surface area contributed by atoms with Crippen LogP contribution in [0.4, 0.5) is 13.2 Å². The number of amides is 2. The van der Waals surface area contributed by atoms with E-state index in [9.17, 15) is 22.8 Å². The number of halogens is 3. The fourth-order valence-corrected chi connectivity index (χ4v) is 2.68. The Labute approximate surface area is 155 Å². The molecule has 0 saturated carbocycles. The molecule has 2 amide bonds. The molecule has 0 saturated heterocycles. The number of nitrogens with one attached hydrogen (secondary N) is 2. The lowest BCUT2D eigenvalue weighted by Gasteiger charge is -2.13. The van der Waals surface area contributed by atoms with Crippen molar-refractivity contribution in [3.05, 3.63) is 59.7 Å². The fourth-order valence-electron chi connectivity index (χ4n) is 2.68. The Kier molecular flexibility index (Phi) is 6.60. The first-order valence-corrected chi connectivity index (χ1v) is 8.45. The molecule has 144 valence electrons. The molecule has 0 radical (unpaired) electrons. The molecule has 2 aromatic rings. The van der Waals surface area contributed by atoms with Crippen LogP contribution in [-0.2, 0) is 11.2 Å². The second-order valence-electron chi connectivity index (χ2n) is 6.38. The first-order valence-electron chi connectivity index (χ1n) is 8.45. The Morgan fingerprint density at radius 2 is 1.48 bits per heavy atom. The number of benzene rings is 2. The Balaban J connectivity index is 2.00. The van der Waals surface area contributed by atoms with Crippen LogP contribution in [0.25, 0.3) is 11.1 Å². The van der Waals surface area contributed by atoms with Crippen molar-refractivity contribution in [1.82, 2.24) is 10.6 Å². The Hall–Kier alpha value is -2.83. The van der Waals surface area contributed by atoms with E-state index >= 15 is 0 Å². The van der Waals surface area contributed by atoms with Gasteiger partial charge in [-0.2, -0.15) is 13.2 Å². The van der Waals surface area contributed by atoms with Crippen molar-refractivity contribution in [3.63, 3.8) is 0 Å². The van der Waals surface area contributed by atoms with Crippen molar-refractivity contribution in [2.24, 2.45) is 0 Å². The van der Waals surface area contributed by atoms with Gasteiger partial charge in [-0.25, -0.2) is 0 Å². The van der Waals surface area contributed by atoms with E-state index in [0.29, 0.717) is 6.42 Å². The maximum atomic E-state index is 12.2. The smallest absolute Gasteiger partial charge is 0.354 e. The van der Waals surface area contributed by atoms with Crippen LogP contribution >= 0.6 is 0 Å². The first kappa shape index (κ1) is 20.5. The molecule has 0 aliphatic rings. The maximum Gasteiger partial charge on any atom is 0.405 e. The van der Waals surface area contributed by atoms with Crippen LogP contribution in [0.5, 0.6) is 0 Å². The molecule has 27 heavy (non-hydrogen) atoms. The summed E-state index contributed by atoms with van der Waals surface area (Å²) in [6, 6.07) is 14.2. The zero-order chi connectivity index (χ0) is 20.0. The van der Waals surface area contributed by atoms with E-state index in [1.165, 1.54) is 19.1 Å². The first-order chi connectivity index (χ1) is 12.6. The SMILES string of the molecule is CC(=O)NC(C)Cc1ccc(-c2ccc(C(=O)NCC(F)(F)F)cc2)cc1. The van der Waals surface area contributed by atoms with Crippen molar-refractivity contribution in [1.29, 1.82) is 0 Å². The average molecular weight is 378 g/mol. The van der Waals surface area contributed by atoms with E-state index in [1.807, 2.05) is 36.5 Å². The van der Waals surface area contributed by atoms with Crippen molar-refractivity contribution >= 4 is 11.8 Å². The molecule has 0 aliphatic carbocycles. The van der Waals surface area contributed by atoms with Crippen LogP contribution in [0.3, 0.4) is 0 Å². The van der Waals surface area contributed by atoms with Crippen LogP contribution < -0.4 is 10.6 Å². The van der Waals surface area contributed by atoms with Crippen molar-refractivity contribution in [3.8, 4) is 11.1 Å². The molecule has 2 N–H and O–H groups in total. The molecule has 0 aromatic heterocycles. The fraction of sp³-hybridized carbons (Fsp3) is 0.300. The second-order valence-corrected chi connectivity index (χ2v) is 6.38. The highest BCUT2D eigenvalue weighted by Crippen LogP contribution is 2.21. The van der Waals surface area contributed by atoms with Crippen molar-refractivity contribution < 1.29 is 22.8 Å². The third-order valence-corrected chi connectivity index (χ3v) is 3.88. The summed E-state index contributed by atoms with van der Waals surface area (Å²) < 4.78 is 36.5. The summed E-state index contributed by atoms with van der Waals surface area (Å²) in [5, 5.41) is 4.67. The standard InChI is InChI=1S/C20H21F3N2O2/c1-13(25-14(2)26)11-15-3-5-16(6-4-15)17-7-9-18(10-8-17)19(27)24-12-20(21,22)23/h3-10,13H,11-12H2,1-2H3,(H,24,27)(H,25,26). The summed E-state index contributed by atoms with van der Waals surface area (Å²) >= 11 is 0. The van der Waals surface area contributed by atoms with Gasteiger partial charge in [0.25, 0.3) is 5.91 Å². The highest BCUT2D eigenvalue weighted by atomic mass is 19.4. The van der Waals surface area contributed by atoms with Gasteiger partial charge in [-0.05, 0) is 42.2 Å². The Bertz CT molecular complexity index is 784. The molecule has 0 bridgehead atoms. The average Bonchev–Trinajstić information content (AvgIpc) is 2.59. The van der Waals surface area contributed by atoms with Gasteiger partial charge in [-0.15, -0.1) is 0 Å². The van der Waals surface area contributed by atoms with Gasteiger partial charge in [0.05, 0.1) is 0 Å². The number of carbonyl (C=O) groups excluding carboxylic acids is 2. The van der Waals surface area contributed by atoms with E-state index < -0.39 is 18.6 Å². The maximum absolute atomic E-state index is 12.2. The van der Waals surface area contributed by atoms with Crippen LogP contribution in [-0.4, -0.2) is 30.6 Å². The number of carbonyl (C=O) groups is 2. The predicted octanol–water partition coefficient (Wildman–Crippen LogP) is 3.71. The predicted molar refractivity (Wildman–Crippen MR) is 97.2 cm³/mol. The van der Waals surface area contributed by atoms with Gasteiger partial charge in [-0.1, -0.05) is 36.4 Å². The Morgan fingerprint density at radius 1 is 0.963 bits per heavy atom. The number of alkyl halides is 3. The normalized spacial score (nSPS) is 12.3. The van der Waals surface area contributed by atoms with Gasteiger partial charge in [0, 0.05) is 18.5 Å². The minimum absolute atomic E-state index is 0.0304. The number of rotatable bonds is 6. The van der Waals surface area contributed by atoms with Gasteiger partial charge < -0.3 is 10.6 Å². The van der Waals surface area contributed by atoms with Gasteiger partial charge in [0.2, 0.25) is 5.91 Å². The van der Waals surface area contributed by atoms with Crippen LogP contribution in [0.1, 0.15) is 29.8 Å². The lowest BCUT2D eigenvalue weighted by molar-refractivity contribution is -0.123. The van der Waals surface area contributed by atoms with E-state index in [4.69, 9.17) is 0 Å². The lowest BCUT2D eigenvalue weighted by atomic mass is 10.00. The topological polar surface area (TPSA) is 58.2 Å². The van der Waals surface area contributed by atoms with Crippen molar-refractivity contribution in [2.75, 3.05) is 6.54 Å².